The number of nitrogens with zero attached hydrogens (tertiary/aromatic N) is 2. The number of rotatable bonds is 3. The molecule has 0 spiro atoms. The van der Waals surface area contributed by atoms with Gasteiger partial charge in [0.2, 0.25) is 5.88 Å². The largest absolute Gasteiger partial charge is 0.477 e. The van der Waals surface area contributed by atoms with E-state index in [9.17, 15) is 4.79 Å². The number of hydrogen-bond acceptors (Lipinski definition) is 3. The molecule has 0 aliphatic rings. The highest BCUT2D eigenvalue weighted by molar-refractivity contribution is 5.90. The molecule has 0 atom stereocenters. The monoisotopic (exact) mass is 245 g/mol. The molecule has 0 bridgehead atoms. The van der Waals surface area contributed by atoms with Crippen LogP contribution in [0.1, 0.15) is 12.6 Å². The van der Waals surface area contributed by atoms with Gasteiger partial charge in [-0.25, -0.2) is 4.79 Å². The number of aryl methyl sites for hydroxylation is 1. The summed E-state index contributed by atoms with van der Waals surface area (Å²) in [5.41, 5.74) is 1.46. The van der Waals surface area contributed by atoms with Crippen LogP contribution in [0, 0.1) is 6.92 Å². The van der Waals surface area contributed by atoms with Crippen LogP contribution in [0.4, 0.5) is 10.5 Å². The zero-order valence-corrected chi connectivity index (χ0v) is 10.4. The van der Waals surface area contributed by atoms with Gasteiger partial charge in [-0.1, -0.05) is 18.2 Å². The Hall–Kier alpha value is -2.30. The van der Waals surface area contributed by atoms with Gasteiger partial charge in [0.25, 0.3) is 0 Å². The molecule has 0 aliphatic carbocycles. The Morgan fingerprint density at radius 3 is 2.78 bits per heavy atom. The van der Waals surface area contributed by atoms with E-state index in [1.54, 1.807) is 13.0 Å². The topological polar surface area (TPSA) is 56.1 Å². The lowest BCUT2D eigenvalue weighted by atomic mass is 10.3. The van der Waals surface area contributed by atoms with Gasteiger partial charge in [-0.2, -0.15) is 4.68 Å². The fourth-order valence-electron chi connectivity index (χ4n) is 1.57. The predicted molar refractivity (Wildman–Crippen MR) is 69.0 cm³/mol. The van der Waals surface area contributed by atoms with Crippen LogP contribution in [0.5, 0.6) is 5.88 Å². The summed E-state index contributed by atoms with van der Waals surface area (Å²) < 4.78 is 6.55. The van der Waals surface area contributed by atoms with Gasteiger partial charge in [-0.3, -0.25) is 0 Å². The van der Waals surface area contributed by atoms with Crippen molar-refractivity contribution in [1.29, 1.82) is 0 Å². The zero-order valence-electron chi connectivity index (χ0n) is 10.4. The van der Waals surface area contributed by atoms with E-state index in [1.165, 1.54) is 4.68 Å². The third kappa shape index (κ3) is 2.68. The Morgan fingerprint density at radius 1 is 1.39 bits per heavy atom. The highest BCUT2D eigenvalue weighted by Gasteiger charge is 2.11. The minimum Gasteiger partial charge on any atom is -0.477 e. The maximum absolute atomic E-state index is 12.0. The summed E-state index contributed by atoms with van der Waals surface area (Å²) in [6, 6.07) is 10.7. The van der Waals surface area contributed by atoms with Crippen LogP contribution in [0.25, 0.3) is 0 Å². The molecule has 1 aromatic heterocycles. The van der Waals surface area contributed by atoms with Crippen LogP contribution in [-0.4, -0.2) is 22.4 Å². The van der Waals surface area contributed by atoms with Crippen LogP contribution >= 0.6 is 0 Å². The van der Waals surface area contributed by atoms with Crippen LogP contribution < -0.4 is 10.1 Å². The number of benzene rings is 1. The molecular weight excluding hydrogens is 230 g/mol. The number of hydrogen-bond donors (Lipinski definition) is 1. The van der Waals surface area contributed by atoms with Crippen molar-refractivity contribution < 1.29 is 9.53 Å². The molecule has 2 aromatic rings. The molecule has 1 heterocycles. The lowest BCUT2D eigenvalue weighted by molar-refractivity contribution is 0.249. The normalized spacial score (nSPS) is 10.1. The molecule has 5 nitrogen and oxygen atoms in total. The molecule has 2 rings (SSSR count). The van der Waals surface area contributed by atoms with Crippen molar-refractivity contribution in [3.05, 3.63) is 42.1 Å². The van der Waals surface area contributed by atoms with E-state index in [0.717, 1.165) is 11.4 Å². The molecular formula is C13H15N3O2. The van der Waals surface area contributed by atoms with Crippen molar-refractivity contribution in [2.75, 3.05) is 11.9 Å². The van der Waals surface area contributed by atoms with Gasteiger partial charge < -0.3 is 10.1 Å². The second kappa shape index (κ2) is 5.35. The van der Waals surface area contributed by atoms with Crippen LogP contribution in [0.3, 0.4) is 0 Å². The maximum Gasteiger partial charge on any atom is 0.346 e. The number of carbonyl (C=O) groups excluding carboxylic acids is 1. The lowest BCUT2D eigenvalue weighted by Gasteiger charge is -2.05. The molecule has 1 amide bonds. The molecule has 1 aromatic carbocycles. The third-order valence-electron chi connectivity index (χ3n) is 2.37. The molecule has 0 radical (unpaired) electrons. The summed E-state index contributed by atoms with van der Waals surface area (Å²) in [4.78, 5) is 12.0. The van der Waals surface area contributed by atoms with Crippen LogP contribution in [0.15, 0.2) is 36.4 Å². The fraction of sp³-hybridized carbons (Fsp3) is 0.231. The number of aromatic nitrogens is 2. The van der Waals surface area contributed by atoms with E-state index < -0.39 is 0 Å². The van der Waals surface area contributed by atoms with Crippen molar-refractivity contribution in [2.24, 2.45) is 0 Å². The van der Waals surface area contributed by atoms with E-state index in [4.69, 9.17) is 4.74 Å². The van der Waals surface area contributed by atoms with E-state index in [2.05, 4.69) is 10.4 Å². The number of carbonyl (C=O) groups is 1. The first kappa shape index (κ1) is 12.2. The summed E-state index contributed by atoms with van der Waals surface area (Å²) in [5, 5.41) is 6.84. The SMILES string of the molecule is CCOc1cc(C)n(C(=O)Nc2ccccc2)n1. The molecule has 0 saturated carbocycles. The number of nitrogens with one attached hydrogen (secondary N) is 1. The molecule has 1 N–H and O–H groups in total. The first-order valence-electron chi connectivity index (χ1n) is 5.76. The van der Waals surface area contributed by atoms with Crippen molar-refractivity contribution in [1.82, 2.24) is 9.78 Å². The number of amides is 1. The standard InChI is InChI=1S/C13H15N3O2/c1-3-18-12-9-10(2)16(15-12)13(17)14-11-7-5-4-6-8-11/h4-9H,3H2,1-2H3,(H,14,17). The number of anilines is 1. The van der Waals surface area contributed by atoms with Crippen molar-refractivity contribution in [3.8, 4) is 5.88 Å². The fourth-order valence-corrected chi connectivity index (χ4v) is 1.57. The van der Waals surface area contributed by atoms with Gasteiger partial charge in [-0.05, 0) is 26.0 Å². The van der Waals surface area contributed by atoms with Gasteiger partial charge >= 0.3 is 6.03 Å². The van der Waals surface area contributed by atoms with Crippen LogP contribution in [-0.2, 0) is 0 Å². The average Bonchev–Trinajstić information content (AvgIpc) is 2.72. The van der Waals surface area contributed by atoms with E-state index in [0.29, 0.717) is 12.5 Å². The minimum absolute atomic E-state index is 0.301. The molecule has 0 unspecified atom stereocenters. The molecule has 0 fully saturated rings. The van der Waals surface area contributed by atoms with E-state index >= 15 is 0 Å². The Bertz CT molecular complexity index is 534. The van der Waals surface area contributed by atoms with Crippen LogP contribution in [0.2, 0.25) is 0 Å². The first-order chi connectivity index (χ1) is 8.70. The Balaban J connectivity index is 2.14. The molecule has 18 heavy (non-hydrogen) atoms. The maximum atomic E-state index is 12.0. The molecule has 0 saturated heterocycles. The molecule has 94 valence electrons. The van der Waals surface area contributed by atoms with Gasteiger partial charge in [0.05, 0.1) is 12.3 Å². The van der Waals surface area contributed by atoms with E-state index in [-0.39, 0.29) is 6.03 Å². The average molecular weight is 245 g/mol. The Kier molecular flexibility index (Phi) is 3.62. The smallest absolute Gasteiger partial charge is 0.346 e. The van der Waals surface area contributed by atoms with Gasteiger partial charge in [-0.15, -0.1) is 5.10 Å². The minimum atomic E-state index is -0.301. The van der Waals surface area contributed by atoms with Gasteiger partial charge in [0.1, 0.15) is 0 Å². The lowest BCUT2D eigenvalue weighted by Crippen LogP contribution is -2.21. The number of para-hydroxylation sites is 1. The summed E-state index contributed by atoms with van der Waals surface area (Å²) in [7, 11) is 0. The first-order valence-corrected chi connectivity index (χ1v) is 5.76. The summed E-state index contributed by atoms with van der Waals surface area (Å²) in [5.74, 6) is 0.457. The molecule has 0 aliphatic heterocycles. The van der Waals surface area contributed by atoms with E-state index in [1.807, 2.05) is 37.3 Å². The Labute approximate surface area is 105 Å². The predicted octanol–water partition coefficient (Wildman–Crippen LogP) is 2.67. The highest BCUT2D eigenvalue weighted by Crippen LogP contribution is 2.12. The summed E-state index contributed by atoms with van der Waals surface area (Å²) >= 11 is 0. The summed E-state index contributed by atoms with van der Waals surface area (Å²) in [6.07, 6.45) is 0. The van der Waals surface area contributed by atoms with Crippen molar-refractivity contribution in [3.63, 3.8) is 0 Å². The number of ether oxygens (including phenoxy) is 1. The quantitative estimate of drug-likeness (QED) is 0.904. The van der Waals surface area contributed by atoms with Gasteiger partial charge in [0.15, 0.2) is 0 Å². The van der Waals surface area contributed by atoms with Gasteiger partial charge in [0, 0.05) is 11.8 Å². The Morgan fingerprint density at radius 2 is 2.11 bits per heavy atom. The highest BCUT2D eigenvalue weighted by atomic mass is 16.5. The van der Waals surface area contributed by atoms with Crippen molar-refractivity contribution >= 4 is 11.7 Å². The van der Waals surface area contributed by atoms with Crippen molar-refractivity contribution in [2.45, 2.75) is 13.8 Å². The molecule has 5 heteroatoms. The summed E-state index contributed by atoms with van der Waals surface area (Å²) in [6.45, 7) is 4.20. The zero-order chi connectivity index (χ0) is 13.0. The second-order valence-corrected chi connectivity index (χ2v) is 3.76. The second-order valence-electron chi connectivity index (χ2n) is 3.76. The third-order valence-corrected chi connectivity index (χ3v) is 2.37.